The molecule has 0 radical (unpaired) electrons. The van der Waals surface area contributed by atoms with Gasteiger partial charge in [0.2, 0.25) is 0 Å². The molecule has 2 unspecified atom stereocenters. The number of hydrogen-bond acceptors (Lipinski definition) is 2. The molecule has 2 atom stereocenters. The van der Waals surface area contributed by atoms with E-state index in [9.17, 15) is 0 Å². The lowest BCUT2D eigenvalue weighted by molar-refractivity contribution is 0.0622. The maximum atomic E-state index is 8.75. The van der Waals surface area contributed by atoms with E-state index < -0.39 is 8.80 Å². The SMILES string of the molecule is C[SiH](CCO)C1CCCCO1. The first-order valence-electron chi connectivity index (χ1n) is 4.57. The fourth-order valence-corrected chi connectivity index (χ4v) is 3.65. The number of hydrogen-bond donors (Lipinski definition) is 1. The highest BCUT2D eigenvalue weighted by Gasteiger charge is 2.20. The first-order valence-corrected chi connectivity index (χ1v) is 7.21. The Balaban J connectivity index is 2.21. The van der Waals surface area contributed by atoms with E-state index in [1.807, 2.05) is 0 Å². The summed E-state index contributed by atoms with van der Waals surface area (Å²) >= 11 is 0. The normalized spacial score (nSPS) is 28.4. The summed E-state index contributed by atoms with van der Waals surface area (Å²) in [6, 6.07) is 1.02. The zero-order valence-corrected chi connectivity index (χ0v) is 8.41. The number of aliphatic hydroxyl groups is 1. The van der Waals surface area contributed by atoms with Crippen LogP contribution in [0.25, 0.3) is 0 Å². The van der Waals surface area contributed by atoms with Gasteiger partial charge in [-0.15, -0.1) is 0 Å². The third kappa shape index (κ3) is 2.93. The van der Waals surface area contributed by atoms with E-state index >= 15 is 0 Å². The summed E-state index contributed by atoms with van der Waals surface area (Å²) in [5.41, 5.74) is 0.552. The van der Waals surface area contributed by atoms with Gasteiger partial charge in [0.1, 0.15) is 0 Å². The minimum Gasteiger partial charge on any atom is -0.397 e. The summed E-state index contributed by atoms with van der Waals surface area (Å²) in [7, 11) is -0.756. The van der Waals surface area contributed by atoms with E-state index in [1.165, 1.54) is 19.3 Å². The van der Waals surface area contributed by atoms with Crippen molar-refractivity contribution >= 4 is 8.80 Å². The summed E-state index contributed by atoms with van der Waals surface area (Å²) in [4.78, 5) is 0. The fourth-order valence-electron chi connectivity index (χ4n) is 1.60. The zero-order valence-electron chi connectivity index (χ0n) is 7.25. The molecule has 0 bridgehead atoms. The Morgan fingerprint density at radius 1 is 1.55 bits per heavy atom. The number of aliphatic hydroxyl groups excluding tert-OH is 1. The van der Waals surface area contributed by atoms with Gasteiger partial charge >= 0.3 is 0 Å². The lowest BCUT2D eigenvalue weighted by Gasteiger charge is -2.26. The van der Waals surface area contributed by atoms with Gasteiger partial charge in [-0.2, -0.15) is 0 Å². The molecule has 1 aliphatic rings. The molecule has 0 aliphatic carbocycles. The minimum atomic E-state index is -0.756. The second-order valence-electron chi connectivity index (χ2n) is 3.39. The van der Waals surface area contributed by atoms with Gasteiger partial charge in [-0.25, -0.2) is 0 Å². The Hall–Kier alpha value is 0.137. The van der Waals surface area contributed by atoms with Crippen LogP contribution in [0.1, 0.15) is 19.3 Å². The molecule has 1 rings (SSSR count). The standard InChI is InChI=1S/C8H18O2Si/c1-11(7-5-9)8-4-2-3-6-10-8/h8-9,11H,2-7H2,1H3. The van der Waals surface area contributed by atoms with E-state index in [0.29, 0.717) is 12.3 Å². The lowest BCUT2D eigenvalue weighted by Crippen LogP contribution is -2.34. The fraction of sp³-hybridized carbons (Fsp3) is 1.00. The Kier molecular flexibility index (Phi) is 4.11. The smallest absolute Gasteiger partial charge is 0.0708 e. The van der Waals surface area contributed by atoms with Crippen LogP contribution in [-0.2, 0) is 4.74 Å². The molecule has 2 nitrogen and oxygen atoms in total. The third-order valence-electron chi connectivity index (χ3n) is 2.43. The number of rotatable bonds is 3. The summed E-state index contributed by atoms with van der Waals surface area (Å²) in [6.07, 6.45) is 3.80. The molecule has 3 heteroatoms. The Labute approximate surface area is 70.2 Å². The number of ether oxygens (including phenoxy) is 1. The molecule has 0 saturated carbocycles. The van der Waals surface area contributed by atoms with Crippen LogP contribution in [0.4, 0.5) is 0 Å². The highest BCUT2D eigenvalue weighted by Crippen LogP contribution is 2.16. The lowest BCUT2D eigenvalue weighted by atomic mass is 10.2. The molecule has 11 heavy (non-hydrogen) atoms. The topological polar surface area (TPSA) is 29.5 Å². The highest BCUT2D eigenvalue weighted by atomic mass is 28.3. The van der Waals surface area contributed by atoms with Gasteiger partial charge in [0, 0.05) is 18.9 Å². The predicted molar refractivity (Wildman–Crippen MR) is 48.5 cm³/mol. The third-order valence-corrected chi connectivity index (χ3v) is 5.40. The molecule has 1 heterocycles. The van der Waals surface area contributed by atoms with Crippen LogP contribution in [0.15, 0.2) is 0 Å². The quantitative estimate of drug-likeness (QED) is 0.645. The monoisotopic (exact) mass is 174 g/mol. The van der Waals surface area contributed by atoms with E-state index in [0.717, 1.165) is 12.7 Å². The Morgan fingerprint density at radius 3 is 2.91 bits per heavy atom. The van der Waals surface area contributed by atoms with Crippen molar-refractivity contribution in [3.63, 3.8) is 0 Å². The average Bonchev–Trinajstić information content (AvgIpc) is 2.07. The van der Waals surface area contributed by atoms with Crippen LogP contribution < -0.4 is 0 Å². The molecule has 1 aliphatic heterocycles. The van der Waals surface area contributed by atoms with Gasteiger partial charge in [0.05, 0.1) is 8.80 Å². The molecule has 0 aromatic carbocycles. The minimum absolute atomic E-state index is 0.354. The predicted octanol–water partition coefficient (Wildman–Crippen LogP) is 0.944. The second-order valence-corrected chi connectivity index (χ2v) is 6.67. The van der Waals surface area contributed by atoms with Crippen LogP contribution in [0.2, 0.25) is 12.6 Å². The van der Waals surface area contributed by atoms with Gasteiger partial charge < -0.3 is 9.84 Å². The van der Waals surface area contributed by atoms with Crippen LogP contribution in [0.5, 0.6) is 0 Å². The van der Waals surface area contributed by atoms with Crippen molar-refractivity contribution < 1.29 is 9.84 Å². The van der Waals surface area contributed by atoms with Crippen LogP contribution in [0, 0.1) is 0 Å². The molecule has 66 valence electrons. The van der Waals surface area contributed by atoms with Crippen molar-refractivity contribution in [1.82, 2.24) is 0 Å². The van der Waals surface area contributed by atoms with Crippen molar-refractivity contribution in [2.45, 2.75) is 37.6 Å². The van der Waals surface area contributed by atoms with Crippen molar-refractivity contribution in [1.29, 1.82) is 0 Å². The first kappa shape index (κ1) is 9.23. The maximum absolute atomic E-state index is 8.75. The molecular weight excluding hydrogens is 156 g/mol. The van der Waals surface area contributed by atoms with Gasteiger partial charge in [0.15, 0.2) is 0 Å². The molecule has 0 aromatic heterocycles. The van der Waals surface area contributed by atoms with Gasteiger partial charge in [0.25, 0.3) is 0 Å². The Morgan fingerprint density at radius 2 is 2.36 bits per heavy atom. The van der Waals surface area contributed by atoms with Crippen molar-refractivity contribution in [3.8, 4) is 0 Å². The van der Waals surface area contributed by atoms with E-state index in [2.05, 4.69) is 6.55 Å². The van der Waals surface area contributed by atoms with Crippen LogP contribution >= 0.6 is 0 Å². The van der Waals surface area contributed by atoms with E-state index in [-0.39, 0.29) is 0 Å². The van der Waals surface area contributed by atoms with Gasteiger partial charge in [-0.05, 0) is 25.3 Å². The summed E-state index contributed by atoms with van der Waals surface area (Å²) < 4.78 is 5.64. The molecule has 1 N–H and O–H groups in total. The van der Waals surface area contributed by atoms with Crippen LogP contribution in [0.3, 0.4) is 0 Å². The summed E-state index contributed by atoms with van der Waals surface area (Å²) in [6.45, 7) is 3.60. The van der Waals surface area contributed by atoms with Crippen LogP contribution in [-0.4, -0.2) is 32.8 Å². The molecule has 1 saturated heterocycles. The molecular formula is C8H18O2Si. The van der Waals surface area contributed by atoms with E-state index in [1.54, 1.807) is 0 Å². The van der Waals surface area contributed by atoms with Gasteiger partial charge in [-0.1, -0.05) is 6.55 Å². The molecule has 0 aromatic rings. The summed E-state index contributed by atoms with van der Waals surface area (Å²) in [5.74, 6) is 0. The van der Waals surface area contributed by atoms with Crippen molar-refractivity contribution in [2.75, 3.05) is 13.2 Å². The van der Waals surface area contributed by atoms with Gasteiger partial charge in [-0.3, -0.25) is 0 Å². The first-order chi connectivity index (χ1) is 5.34. The highest BCUT2D eigenvalue weighted by molar-refractivity contribution is 6.58. The van der Waals surface area contributed by atoms with Crippen molar-refractivity contribution in [3.05, 3.63) is 0 Å². The Bertz CT molecular complexity index is 102. The molecule has 0 amide bonds. The zero-order chi connectivity index (χ0) is 8.10. The summed E-state index contributed by atoms with van der Waals surface area (Å²) in [5, 5.41) is 8.75. The molecule has 0 spiro atoms. The largest absolute Gasteiger partial charge is 0.397 e. The maximum Gasteiger partial charge on any atom is 0.0708 e. The van der Waals surface area contributed by atoms with Crippen molar-refractivity contribution in [2.24, 2.45) is 0 Å². The average molecular weight is 174 g/mol. The van der Waals surface area contributed by atoms with E-state index in [4.69, 9.17) is 9.84 Å². The second kappa shape index (κ2) is 4.90. The molecule has 1 fully saturated rings.